The maximum Gasteiger partial charge on any atom is 0.422 e. The number of ether oxygens (including phenoxy) is 2. The maximum absolute atomic E-state index is 13.0. The Kier molecular flexibility index (Phi) is 4.36. The average Bonchev–Trinajstić information content (AvgIpc) is 2.50. The van der Waals surface area contributed by atoms with E-state index in [2.05, 4.69) is 0 Å². The summed E-state index contributed by atoms with van der Waals surface area (Å²) in [5.74, 6) is -1.27. The molecule has 2 N–H and O–H groups in total. The number of allylic oxidation sites excluding steroid dienone is 1. The van der Waals surface area contributed by atoms with Crippen molar-refractivity contribution in [2.75, 3.05) is 6.61 Å². The Morgan fingerprint density at radius 2 is 1.79 bits per heavy atom. The van der Waals surface area contributed by atoms with Gasteiger partial charge in [-0.3, -0.25) is 0 Å². The van der Waals surface area contributed by atoms with Crippen LogP contribution in [0.4, 0.5) is 13.2 Å². The minimum absolute atomic E-state index is 0.721. The van der Waals surface area contributed by atoms with Crippen LogP contribution in [0, 0.1) is 0 Å². The van der Waals surface area contributed by atoms with Crippen molar-refractivity contribution < 1.29 is 32.9 Å². The molecular formula is C12H19F3O4. The molecule has 1 aliphatic rings. The molecule has 1 heterocycles. The molecule has 1 aliphatic heterocycles. The topological polar surface area (TPSA) is 58.9 Å². The molecule has 3 atom stereocenters. The molecule has 4 nitrogen and oxygen atoms in total. The first kappa shape index (κ1) is 16.4. The molecule has 0 aliphatic carbocycles. The number of halogens is 3. The Labute approximate surface area is 109 Å². The first-order valence-corrected chi connectivity index (χ1v) is 5.83. The van der Waals surface area contributed by atoms with E-state index in [0.717, 1.165) is 5.57 Å². The molecular weight excluding hydrogens is 265 g/mol. The highest BCUT2D eigenvalue weighted by Gasteiger charge is 2.64. The Bertz CT molecular complexity index is 360. The maximum atomic E-state index is 13.0. The molecule has 0 radical (unpaired) electrons. The lowest BCUT2D eigenvalue weighted by Crippen LogP contribution is -2.60. The lowest BCUT2D eigenvalue weighted by Gasteiger charge is -2.34. The van der Waals surface area contributed by atoms with Gasteiger partial charge in [0.15, 0.2) is 5.79 Å². The van der Waals surface area contributed by atoms with E-state index in [1.807, 2.05) is 0 Å². The van der Waals surface area contributed by atoms with Gasteiger partial charge in [-0.2, -0.15) is 13.2 Å². The van der Waals surface area contributed by atoms with Crippen molar-refractivity contribution in [3.05, 3.63) is 11.6 Å². The molecule has 0 aromatic carbocycles. The molecule has 112 valence electrons. The number of hydrogen-bond acceptors (Lipinski definition) is 4. The van der Waals surface area contributed by atoms with E-state index >= 15 is 0 Å². The second-order valence-electron chi connectivity index (χ2n) is 5.34. The molecule has 0 aromatic rings. The van der Waals surface area contributed by atoms with E-state index in [4.69, 9.17) is 14.6 Å². The second kappa shape index (κ2) is 5.05. The highest BCUT2D eigenvalue weighted by atomic mass is 19.4. The van der Waals surface area contributed by atoms with Crippen molar-refractivity contribution in [2.24, 2.45) is 0 Å². The second-order valence-corrected chi connectivity index (χ2v) is 5.34. The summed E-state index contributed by atoms with van der Waals surface area (Å²) in [5, 5.41) is 18.7. The molecule has 1 fully saturated rings. The third kappa shape index (κ3) is 3.28. The summed E-state index contributed by atoms with van der Waals surface area (Å²) < 4.78 is 49.4. The lowest BCUT2D eigenvalue weighted by molar-refractivity contribution is -0.308. The van der Waals surface area contributed by atoms with E-state index < -0.39 is 36.4 Å². The van der Waals surface area contributed by atoms with E-state index in [1.54, 1.807) is 13.8 Å². The van der Waals surface area contributed by atoms with Crippen LogP contribution in [-0.4, -0.2) is 46.6 Å². The number of rotatable bonds is 3. The van der Waals surface area contributed by atoms with Gasteiger partial charge in [-0.1, -0.05) is 11.6 Å². The third-order valence-electron chi connectivity index (χ3n) is 2.83. The third-order valence-corrected chi connectivity index (χ3v) is 2.83. The summed E-state index contributed by atoms with van der Waals surface area (Å²) in [4.78, 5) is 0. The van der Waals surface area contributed by atoms with Gasteiger partial charge in [-0.15, -0.1) is 0 Å². The minimum Gasteiger partial charge on any atom is -0.393 e. The summed E-state index contributed by atoms with van der Waals surface area (Å²) in [5.41, 5.74) is -2.64. The van der Waals surface area contributed by atoms with Gasteiger partial charge in [0.25, 0.3) is 0 Å². The van der Waals surface area contributed by atoms with Gasteiger partial charge in [-0.25, -0.2) is 0 Å². The SMILES string of the molecule is CC(C)=C[C@@H]1OC(C)(C)O[C@@H]1[C@](O)(CO)C(F)(F)F. The summed E-state index contributed by atoms with van der Waals surface area (Å²) in [6.45, 7) is 4.79. The van der Waals surface area contributed by atoms with Gasteiger partial charge >= 0.3 is 6.18 Å². The largest absolute Gasteiger partial charge is 0.422 e. The van der Waals surface area contributed by atoms with Crippen molar-refractivity contribution >= 4 is 0 Å². The average molecular weight is 284 g/mol. The van der Waals surface area contributed by atoms with Crippen LogP contribution in [0.25, 0.3) is 0 Å². The minimum atomic E-state index is -5.02. The summed E-state index contributed by atoms with van der Waals surface area (Å²) in [6, 6.07) is 0. The zero-order chi connectivity index (χ0) is 15.1. The highest BCUT2D eigenvalue weighted by Crippen LogP contribution is 2.42. The standard InChI is InChI=1S/C12H19F3O4/c1-7(2)5-8-9(19-10(3,4)18-8)11(17,6-16)12(13,14)15/h5,8-9,16-17H,6H2,1-4H3/t8-,9-,11+/m0/s1. The monoisotopic (exact) mass is 284 g/mol. The number of alkyl halides is 3. The van der Waals surface area contributed by atoms with Crippen LogP contribution in [0.2, 0.25) is 0 Å². The van der Waals surface area contributed by atoms with Crippen molar-refractivity contribution in [3.8, 4) is 0 Å². The highest BCUT2D eigenvalue weighted by molar-refractivity contribution is 5.10. The Morgan fingerprint density at radius 3 is 2.16 bits per heavy atom. The zero-order valence-electron chi connectivity index (χ0n) is 11.3. The smallest absolute Gasteiger partial charge is 0.393 e. The molecule has 0 bridgehead atoms. The fourth-order valence-electron chi connectivity index (χ4n) is 1.95. The summed E-state index contributed by atoms with van der Waals surface area (Å²) >= 11 is 0. The van der Waals surface area contributed by atoms with E-state index in [9.17, 15) is 18.3 Å². The van der Waals surface area contributed by atoms with E-state index in [-0.39, 0.29) is 0 Å². The zero-order valence-corrected chi connectivity index (χ0v) is 11.3. The Balaban J connectivity index is 3.17. The molecule has 7 heteroatoms. The Hall–Kier alpha value is -0.630. The van der Waals surface area contributed by atoms with Gasteiger partial charge in [0.1, 0.15) is 12.2 Å². The predicted octanol–water partition coefficient (Wildman–Crippen LogP) is 1.76. The normalized spacial score (nSPS) is 29.9. The number of aliphatic hydroxyl groups is 2. The van der Waals surface area contributed by atoms with Crippen LogP contribution in [0.1, 0.15) is 27.7 Å². The summed E-state index contributed by atoms with van der Waals surface area (Å²) in [7, 11) is 0. The van der Waals surface area contributed by atoms with Crippen molar-refractivity contribution in [3.63, 3.8) is 0 Å². The van der Waals surface area contributed by atoms with E-state index in [1.165, 1.54) is 19.9 Å². The number of hydrogen-bond donors (Lipinski definition) is 2. The van der Waals surface area contributed by atoms with Gasteiger partial charge in [0.05, 0.1) is 6.61 Å². The molecule has 0 unspecified atom stereocenters. The first-order chi connectivity index (χ1) is 8.43. The quantitative estimate of drug-likeness (QED) is 0.775. The van der Waals surface area contributed by atoms with Gasteiger partial charge in [-0.05, 0) is 27.7 Å². The van der Waals surface area contributed by atoms with Crippen LogP contribution in [-0.2, 0) is 9.47 Å². The van der Waals surface area contributed by atoms with Crippen molar-refractivity contribution in [1.82, 2.24) is 0 Å². The molecule has 0 aromatic heterocycles. The molecule has 1 saturated heterocycles. The Morgan fingerprint density at radius 1 is 1.26 bits per heavy atom. The van der Waals surface area contributed by atoms with Gasteiger partial charge < -0.3 is 19.7 Å². The molecule has 0 amide bonds. The van der Waals surface area contributed by atoms with Gasteiger partial charge in [0, 0.05) is 0 Å². The molecule has 19 heavy (non-hydrogen) atoms. The van der Waals surface area contributed by atoms with Crippen LogP contribution in [0.15, 0.2) is 11.6 Å². The van der Waals surface area contributed by atoms with Crippen molar-refractivity contribution in [2.45, 2.75) is 57.5 Å². The van der Waals surface area contributed by atoms with E-state index in [0.29, 0.717) is 0 Å². The predicted molar refractivity (Wildman–Crippen MR) is 61.3 cm³/mol. The molecule has 1 rings (SSSR count). The molecule has 0 spiro atoms. The summed E-state index contributed by atoms with van der Waals surface area (Å²) in [6.07, 6.45) is -6.39. The van der Waals surface area contributed by atoms with Crippen LogP contribution >= 0.6 is 0 Å². The van der Waals surface area contributed by atoms with Crippen LogP contribution in [0.5, 0.6) is 0 Å². The fraction of sp³-hybridized carbons (Fsp3) is 0.833. The van der Waals surface area contributed by atoms with Crippen LogP contribution in [0.3, 0.4) is 0 Å². The van der Waals surface area contributed by atoms with Gasteiger partial charge in [0.2, 0.25) is 5.60 Å². The first-order valence-electron chi connectivity index (χ1n) is 5.83. The number of aliphatic hydroxyl groups excluding tert-OH is 1. The molecule has 0 saturated carbocycles. The van der Waals surface area contributed by atoms with Crippen LogP contribution < -0.4 is 0 Å². The lowest BCUT2D eigenvalue weighted by atomic mass is 9.92. The fourth-order valence-corrected chi connectivity index (χ4v) is 1.95. The van der Waals surface area contributed by atoms with Crippen molar-refractivity contribution in [1.29, 1.82) is 0 Å².